The van der Waals surface area contributed by atoms with Crippen molar-refractivity contribution in [3.63, 3.8) is 0 Å². The van der Waals surface area contributed by atoms with Crippen LogP contribution in [0.2, 0.25) is 0 Å². The van der Waals surface area contributed by atoms with Gasteiger partial charge < -0.3 is 5.32 Å². The van der Waals surface area contributed by atoms with E-state index < -0.39 is 0 Å². The van der Waals surface area contributed by atoms with Gasteiger partial charge in [0.2, 0.25) is 0 Å². The van der Waals surface area contributed by atoms with Crippen LogP contribution in [0, 0.1) is 16.3 Å². The maximum Gasteiger partial charge on any atom is 0.123 e. The molecule has 18 heavy (non-hydrogen) atoms. The molecule has 0 spiro atoms. The molecule has 2 rings (SSSR count). The SMILES string of the molecule is Cc1ccc(I)cc1NC(C)c1ccc(F)cc1. The second kappa shape index (κ2) is 5.69. The number of rotatable bonds is 3. The standard InChI is InChI=1S/C15H15FIN/c1-10-3-8-14(17)9-15(10)18-11(2)12-4-6-13(16)7-5-12/h3-9,11,18H,1-2H3. The molecule has 0 aromatic heterocycles. The molecular weight excluding hydrogens is 340 g/mol. The highest BCUT2D eigenvalue weighted by atomic mass is 127. The summed E-state index contributed by atoms with van der Waals surface area (Å²) < 4.78 is 14.1. The van der Waals surface area contributed by atoms with E-state index in [-0.39, 0.29) is 11.9 Å². The number of benzene rings is 2. The van der Waals surface area contributed by atoms with E-state index in [9.17, 15) is 4.39 Å². The van der Waals surface area contributed by atoms with E-state index in [1.165, 1.54) is 21.3 Å². The number of nitrogens with one attached hydrogen (secondary N) is 1. The molecule has 1 unspecified atom stereocenters. The first-order chi connectivity index (χ1) is 8.56. The molecule has 0 saturated carbocycles. The van der Waals surface area contributed by atoms with Crippen molar-refractivity contribution >= 4 is 28.3 Å². The summed E-state index contributed by atoms with van der Waals surface area (Å²) in [7, 11) is 0. The van der Waals surface area contributed by atoms with Crippen LogP contribution in [0.15, 0.2) is 42.5 Å². The zero-order valence-electron chi connectivity index (χ0n) is 10.4. The van der Waals surface area contributed by atoms with Crippen molar-refractivity contribution in [1.82, 2.24) is 0 Å². The summed E-state index contributed by atoms with van der Waals surface area (Å²) >= 11 is 2.30. The molecule has 0 aliphatic carbocycles. The lowest BCUT2D eigenvalue weighted by Gasteiger charge is -2.17. The summed E-state index contributed by atoms with van der Waals surface area (Å²) in [5.74, 6) is -0.198. The van der Waals surface area contributed by atoms with Crippen LogP contribution in [0.3, 0.4) is 0 Å². The van der Waals surface area contributed by atoms with E-state index in [1.807, 2.05) is 12.1 Å². The van der Waals surface area contributed by atoms with Crippen molar-refractivity contribution in [2.45, 2.75) is 19.9 Å². The van der Waals surface area contributed by atoms with Gasteiger partial charge in [-0.3, -0.25) is 0 Å². The molecule has 1 atom stereocenters. The molecule has 0 amide bonds. The molecule has 0 aliphatic rings. The lowest BCUT2D eigenvalue weighted by atomic mass is 10.1. The van der Waals surface area contributed by atoms with Crippen LogP contribution in [0.25, 0.3) is 0 Å². The van der Waals surface area contributed by atoms with Crippen LogP contribution in [-0.4, -0.2) is 0 Å². The van der Waals surface area contributed by atoms with E-state index in [4.69, 9.17) is 0 Å². The van der Waals surface area contributed by atoms with Crippen LogP contribution in [0.5, 0.6) is 0 Å². The molecule has 94 valence electrons. The summed E-state index contributed by atoms with van der Waals surface area (Å²) in [5.41, 5.74) is 3.41. The van der Waals surface area contributed by atoms with E-state index in [0.717, 1.165) is 11.3 Å². The monoisotopic (exact) mass is 355 g/mol. The minimum atomic E-state index is -0.198. The highest BCUT2D eigenvalue weighted by Gasteiger charge is 2.07. The third-order valence-corrected chi connectivity index (χ3v) is 3.61. The fraction of sp³-hybridized carbons (Fsp3) is 0.200. The predicted molar refractivity (Wildman–Crippen MR) is 82.3 cm³/mol. The zero-order valence-corrected chi connectivity index (χ0v) is 12.5. The Morgan fingerprint density at radius 3 is 2.44 bits per heavy atom. The maximum atomic E-state index is 12.9. The first-order valence-corrected chi connectivity index (χ1v) is 6.92. The van der Waals surface area contributed by atoms with Gasteiger partial charge in [-0.15, -0.1) is 0 Å². The van der Waals surface area contributed by atoms with Crippen LogP contribution in [0.4, 0.5) is 10.1 Å². The van der Waals surface area contributed by atoms with Gasteiger partial charge >= 0.3 is 0 Å². The molecule has 0 fully saturated rings. The van der Waals surface area contributed by atoms with Crippen molar-refractivity contribution in [3.05, 3.63) is 63.0 Å². The van der Waals surface area contributed by atoms with Gasteiger partial charge in [0.15, 0.2) is 0 Å². The number of halogens is 2. The number of anilines is 1. The summed E-state index contributed by atoms with van der Waals surface area (Å²) in [6.45, 7) is 4.16. The second-order valence-corrected chi connectivity index (χ2v) is 5.62. The van der Waals surface area contributed by atoms with E-state index in [2.05, 4.69) is 60.0 Å². The summed E-state index contributed by atoms with van der Waals surface area (Å²) in [6, 6.07) is 13.1. The van der Waals surface area contributed by atoms with Gasteiger partial charge in [0, 0.05) is 15.3 Å². The van der Waals surface area contributed by atoms with Crippen LogP contribution < -0.4 is 5.32 Å². The molecule has 1 nitrogen and oxygen atoms in total. The van der Waals surface area contributed by atoms with Gasteiger partial charge in [-0.2, -0.15) is 0 Å². The van der Waals surface area contributed by atoms with Gasteiger partial charge in [0.05, 0.1) is 0 Å². The Bertz CT molecular complexity index is 537. The quantitative estimate of drug-likeness (QED) is 0.772. The molecule has 2 aromatic rings. The molecule has 0 bridgehead atoms. The number of hydrogen-bond acceptors (Lipinski definition) is 1. The van der Waals surface area contributed by atoms with Crippen molar-refractivity contribution in [2.24, 2.45) is 0 Å². The third-order valence-electron chi connectivity index (χ3n) is 2.94. The van der Waals surface area contributed by atoms with Crippen LogP contribution >= 0.6 is 22.6 Å². The summed E-state index contributed by atoms with van der Waals surface area (Å²) in [5, 5.41) is 3.46. The van der Waals surface area contributed by atoms with E-state index >= 15 is 0 Å². The van der Waals surface area contributed by atoms with Gasteiger partial charge in [0.25, 0.3) is 0 Å². The zero-order chi connectivity index (χ0) is 13.1. The minimum absolute atomic E-state index is 0.155. The smallest absolute Gasteiger partial charge is 0.123 e. The molecule has 0 aliphatic heterocycles. The summed E-state index contributed by atoms with van der Waals surface area (Å²) in [6.07, 6.45) is 0. The van der Waals surface area contributed by atoms with Gasteiger partial charge in [-0.05, 0) is 71.8 Å². The Morgan fingerprint density at radius 1 is 1.11 bits per heavy atom. The average molecular weight is 355 g/mol. The molecule has 0 saturated heterocycles. The van der Waals surface area contributed by atoms with Crippen LogP contribution in [0.1, 0.15) is 24.1 Å². The second-order valence-electron chi connectivity index (χ2n) is 4.38. The predicted octanol–water partition coefficient (Wildman–Crippen LogP) is 4.91. The van der Waals surface area contributed by atoms with Crippen molar-refractivity contribution in [3.8, 4) is 0 Å². The normalized spacial score (nSPS) is 12.2. The molecular formula is C15H15FIN. The van der Waals surface area contributed by atoms with Gasteiger partial charge in [-0.1, -0.05) is 18.2 Å². The molecule has 1 N–H and O–H groups in total. The van der Waals surface area contributed by atoms with Crippen LogP contribution in [-0.2, 0) is 0 Å². The topological polar surface area (TPSA) is 12.0 Å². The maximum absolute atomic E-state index is 12.9. The Balaban J connectivity index is 2.18. The fourth-order valence-corrected chi connectivity index (χ4v) is 2.31. The van der Waals surface area contributed by atoms with E-state index in [0.29, 0.717) is 0 Å². The van der Waals surface area contributed by atoms with Crippen molar-refractivity contribution in [1.29, 1.82) is 0 Å². The summed E-state index contributed by atoms with van der Waals surface area (Å²) in [4.78, 5) is 0. The highest BCUT2D eigenvalue weighted by molar-refractivity contribution is 14.1. The average Bonchev–Trinajstić information content (AvgIpc) is 2.34. The lowest BCUT2D eigenvalue weighted by Crippen LogP contribution is -2.07. The molecule has 3 heteroatoms. The van der Waals surface area contributed by atoms with Gasteiger partial charge in [0.1, 0.15) is 5.82 Å². The molecule has 0 radical (unpaired) electrons. The van der Waals surface area contributed by atoms with Gasteiger partial charge in [-0.25, -0.2) is 4.39 Å². The highest BCUT2D eigenvalue weighted by Crippen LogP contribution is 2.24. The molecule has 2 aromatic carbocycles. The Labute approximate surface area is 121 Å². The lowest BCUT2D eigenvalue weighted by molar-refractivity contribution is 0.626. The van der Waals surface area contributed by atoms with Crippen molar-refractivity contribution < 1.29 is 4.39 Å². The Kier molecular flexibility index (Phi) is 4.22. The molecule has 0 heterocycles. The third kappa shape index (κ3) is 3.22. The van der Waals surface area contributed by atoms with E-state index in [1.54, 1.807) is 0 Å². The first kappa shape index (κ1) is 13.3. The first-order valence-electron chi connectivity index (χ1n) is 5.84. The number of hydrogen-bond donors (Lipinski definition) is 1. The number of aryl methyl sites for hydroxylation is 1. The minimum Gasteiger partial charge on any atom is -0.378 e. The van der Waals surface area contributed by atoms with Crippen molar-refractivity contribution in [2.75, 3.05) is 5.32 Å². The largest absolute Gasteiger partial charge is 0.378 e. The fourth-order valence-electron chi connectivity index (χ4n) is 1.82. The Morgan fingerprint density at radius 2 is 1.78 bits per heavy atom. The Hall–Kier alpha value is -1.10.